The Bertz CT molecular complexity index is 495. The maximum absolute atomic E-state index is 13.0. The molecule has 1 amide bonds. The van der Waals surface area contributed by atoms with Gasteiger partial charge in [-0.15, -0.1) is 0 Å². The molecule has 0 spiro atoms. The zero-order chi connectivity index (χ0) is 13.7. The highest BCUT2D eigenvalue weighted by Gasteiger charge is 2.22. The van der Waals surface area contributed by atoms with Crippen LogP contribution in [0.1, 0.15) is 24.8 Å². The number of aryl methyl sites for hydroxylation is 1. The van der Waals surface area contributed by atoms with Crippen molar-refractivity contribution in [3.63, 3.8) is 0 Å². The predicted molar refractivity (Wildman–Crippen MR) is 69.6 cm³/mol. The van der Waals surface area contributed by atoms with Crippen molar-refractivity contribution in [1.82, 2.24) is 4.90 Å². The second-order valence-corrected chi connectivity index (χ2v) is 4.94. The van der Waals surface area contributed by atoms with E-state index in [0.29, 0.717) is 19.4 Å². The van der Waals surface area contributed by atoms with Gasteiger partial charge in [0.1, 0.15) is 5.82 Å². The van der Waals surface area contributed by atoms with Crippen LogP contribution in [0, 0.1) is 23.1 Å². The maximum Gasteiger partial charge on any atom is 0.222 e. The van der Waals surface area contributed by atoms with E-state index in [0.717, 1.165) is 24.9 Å². The zero-order valence-corrected chi connectivity index (χ0v) is 10.8. The fourth-order valence-electron chi connectivity index (χ4n) is 2.41. The quantitative estimate of drug-likeness (QED) is 0.838. The molecular formula is C15H17FN2O. The second kappa shape index (κ2) is 6.33. The summed E-state index contributed by atoms with van der Waals surface area (Å²) < 4.78 is 13.0. The summed E-state index contributed by atoms with van der Waals surface area (Å²) in [5.74, 6) is -0.247. The molecule has 1 atom stereocenters. The topological polar surface area (TPSA) is 44.1 Å². The van der Waals surface area contributed by atoms with Gasteiger partial charge in [-0.05, 0) is 37.0 Å². The smallest absolute Gasteiger partial charge is 0.222 e. The maximum atomic E-state index is 13.0. The largest absolute Gasteiger partial charge is 0.341 e. The number of piperidine rings is 1. The average molecular weight is 260 g/mol. The molecule has 0 bridgehead atoms. The molecule has 19 heavy (non-hydrogen) atoms. The first kappa shape index (κ1) is 13.5. The van der Waals surface area contributed by atoms with E-state index < -0.39 is 0 Å². The molecule has 1 aromatic rings. The van der Waals surface area contributed by atoms with Gasteiger partial charge in [0.25, 0.3) is 0 Å². The van der Waals surface area contributed by atoms with Gasteiger partial charge in [-0.25, -0.2) is 4.39 Å². The van der Waals surface area contributed by atoms with Crippen LogP contribution in [-0.2, 0) is 11.2 Å². The minimum Gasteiger partial charge on any atom is -0.341 e. The predicted octanol–water partition coefficient (Wildman–Crippen LogP) is 2.52. The van der Waals surface area contributed by atoms with Gasteiger partial charge in [0, 0.05) is 19.5 Å². The number of carbonyl (C=O) groups is 1. The van der Waals surface area contributed by atoms with Crippen LogP contribution in [0.5, 0.6) is 0 Å². The highest BCUT2D eigenvalue weighted by molar-refractivity contribution is 5.76. The molecule has 2 rings (SSSR count). The molecule has 100 valence electrons. The first-order chi connectivity index (χ1) is 9.19. The Balaban J connectivity index is 1.86. The van der Waals surface area contributed by atoms with Gasteiger partial charge in [-0.2, -0.15) is 5.26 Å². The zero-order valence-electron chi connectivity index (χ0n) is 10.8. The van der Waals surface area contributed by atoms with Gasteiger partial charge < -0.3 is 4.90 Å². The number of benzene rings is 1. The Morgan fingerprint density at radius 3 is 3.11 bits per heavy atom. The summed E-state index contributed by atoms with van der Waals surface area (Å²) in [5.41, 5.74) is 0.835. The van der Waals surface area contributed by atoms with E-state index in [4.69, 9.17) is 5.26 Å². The number of halogens is 1. The highest BCUT2D eigenvalue weighted by atomic mass is 19.1. The number of carbonyl (C=O) groups excluding carboxylic acids is 1. The van der Waals surface area contributed by atoms with Crippen LogP contribution in [0.3, 0.4) is 0 Å². The van der Waals surface area contributed by atoms with Crippen LogP contribution in [0.15, 0.2) is 24.3 Å². The van der Waals surface area contributed by atoms with E-state index in [1.165, 1.54) is 12.1 Å². The molecule has 1 aliphatic rings. The lowest BCUT2D eigenvalue weighted by Gasteiger charge is -2.29. The Kier molecular flexibility index (Phi) is 4.51. The molecule has 3 nitrogen and oxygen atoms in total. The van der Waals surface area contributed by atoms with Gasteiger partial charge in [-0.1, -0.05) is 12.1 Å². The number of amides is 1. The minimum atomic E-state index is -0.271. The molecule has 4 heteroatoms. The molecule has 1 unspecified atom stereocenters. The molecule has 0 aromatic heterocycles. The minimum absolute atomic E-state index is 0.0353. The monoisotopic (exact) mass is 260 g/mol. The molecular weight excluding hydrogens is 243 g/mol. The van der Waals surface area contributed by atoms with Crippen molar-refractivity contribution in [2.45, 2.75) is 25.7 Å². The van der Waals surface area contributed by atoms with Crippen molar-refractivity contribution in [2.75, 3.05) is 13.1 Å². The van der Waals surface area contributed by atoms with Crippen LogP contribution in [-0.4, -0.2) is 23.9 Å². The summed E-state index contributed by atoms with van der Waals surface area (Å²) in [5, 5.41) is 8.90. The summed E-state index contributed by atoms with van der Waals surface area (Å²) in [6.07, 6.45) is 2.69. The Morgan fingerprint density at radius 2 is 2.37 bits per heavy atom. The number of nitriles is 1. The summed E-state index contributed by atoms with van der Waals surface area (Å²) in [7, 11) is 0. The van der Waals surface area contributed by atoms with Crippen LogP contribution >= 0.6 is 0 Å². The molecule has 0 N–H and O–H groups in total. The first-order valence-electron chi connectivity index (χ1n) is 6.61. The van der Waals surface area contributed by atoms with Gasteiger partial charge in [-0.3, -0.25) is 4.79 Å². The van der Waals surface area contributed by atoms with E-state index in [9.17, 15) is 9.18 Å². The van der Waals surface area contributed by atoms with Crippen molar-refractivity contribution in [3.05, 3.63) is 35.6 Å². The second-order valence-electron chi connectivity index (χ2n) is 4.94. The Hall–Kier alpha value is -1.89. The SMILES string of the molecule is N#CC1CCCN(C(=O)CCc2cccc(F)c2)C1. The third kappa shape index (κ3) is 3.78. The fraction of sp³-hybridized carbons (Fsp3) is 0.467. The van der Waals surface area contributed by atoms with E-state index in [1.54, 1.807) is 11.0 Å². The number of rotatable bonds is 3. The van der Waals surface area contributed by atoms with Gasteiger partial charge in [0.15, 0.2) is 0 Å². The van der Waals surface area contributed by atoms with Crippen LogP contribution in [0.2, 0.25) is 0 Å². The van der Waals surface area contributed by atoms with Crippen molar-refractivity contribution in [3.8, 4) is 6.07 Å². The number of likely N-dealkylation sites (tertiary alicyclic amines) is 1. The summed E-state index contributed by atoms with van der Waals surface area (Å²) in [6.45, 7) is 1.28. The Labute approximate surface area is 112 Å². The highest BCUT2D eigenvalue weighted by Crippen LogP contribution is 2.17. The van der Waals surface area contributed by atoms with E-state index in [2.05, 4.69) is 6.07 Å². The molecule has 1 aliphatic heterocycles. The number of hydrogen-bond donors (Lipinski definition) is 0. The van der Waals surface area contributed by atoms with E-state index >= 15 is 0 Å². The Morgan fingerprint density at radius 1 is 1.53 bits per heavy atom. The van der Waals surface area contributed by atoms with Gasteiger partial charge >= 0.3 is 0 Å². The summed E-state index contributed by atoms with van der Waals surface area (Å²) in [4.78, 5) is 13.8. The molecule has 1 aromatic carbocycles. The lowest BCUT2D eigenvalue weighted by Crippen LogP contribution is -2.39. The van der Waals surface area contributed by atoms with Crippen molar-refractivity contribution in [2.24, 2.45) is 5.92 Å². The molecule has 0 saturated carbocycles. The van der Waals surface area contributed by atoms with Crippen molar-refractivity contribution < 1.29 is 9.18 Å². The lowest BCUT2D eigenvalue weighted by molar-refractivity contribution is -0.132. The molecule has 0 radical (unpaired) electrons. The van der Waals surface area contributed by atoms with Gasteiger partial charge in [0.05, 0.1) is 12.0 Å². The van der Waals surface area contributed by atoms with Crippen LogP contribution < -0.4 is 0 Å². The average Bonchev–Trinajstić information content (AvgIpc) is 2.45. The number of nitrogens with zero attached hydrogens (tertiary/aromatic N) is 2. The molecule has 1 saturated heterocycles. The standard InChI is InChI=1S/C15H17FN2O/c16-14-5-1-3-12(9-14)6-7-15(19)18-8-2-4-13(10-17)11-18/h1,3,5,9,13H,2,4,6-8,11H2. The lowest BCUT2D eigenvalue weighted by atomic mass is 9.99. The van der Waals surface area contributed by atoms with Crippen molar-refractivity contribution >= 4 is 5.91 Å². The van der Waals surface area contributed by atoms with Crippen LogP contribution in [0.4, 0.5) is 4.39 Å². The fourth-order valence-corrected chi connectivity index (χ4v) is 2.41. The third-order valence-electron chi connectivity index (χ3n) is 3.47. The van der Waals surface area contributed by atoms with Crippen LogP contribution in [0.25, 0.3) is 0 Å². The molecule has 1 heterocycles. The molecule has 1 fully saturated rings. The third-order valence-corrected chi connectivity index (χ3v) is 3.47. The number of hydrogen-bond acceptors (Lipinski definition) is 2. The summed E-state index contributed by atoms with van der Waals surface area (Å²) in [6, 6.07) is 8.56. The van der Waals surface area contributed by atoms with E-state index in [-0.39, 0.29) is 17.6 Å². The first-order valence-corrected chi connectivity index (χ1v) is 6.61. The van der Waals surface area contributed by atoms with E-state index in [1.807, 2.05) is 6.07 Å². The molecule has 0 aliphatic carbocycles. The van der Waals surface area contributed by atoms with Gasteiger partial charge in [0.2, 0.25) is 5.91 Å². The normalized spacial score (nSPS) is 18.9. The van der Waals surface area contributed by atoms with Crippen molar-refractivity contribution in [1.29, 1.82) is 5.26 Å². The summed E-state index contributed by atoms with van der Waals surface area (Å²) >= 11 is 0.